The van der Waals surface area contributed by atoms with E-state index in [4.69, 9.17) is 4.99 Å². The van der Waals surface area contributed by atoms with Crippen LogP contribution in [-0.4, -0.2) is 11.8 Å². The summed E-state index contributed by atoms with van der Waals surface area (Å²) in [4.78, 5) is 4.77. The summed E-state index contributed by atoms with van der Waals surface area (Å²) in [5, 5.41) is 0. The second-order valence-corrected chi connectivity index (χ2v) is 4.70. The zero-order valence-electron chi connectivity index (χ0n) is 8.71. The average molecular weight is 177 g/mol. The van der Waals surface area contributed by atoms with Crippen molar-refractivity contribution in [2.45, 2.75) is 52.0 Å². The molecule has 2 rings (SSSR count). The van der Waals surface area contributed by atoms with Crippen LogP contribution in [0.4, 0.5) is 0 Å². The van der Waals surface area contributed by atoms with E-state index in [1.54, 1.807) is 5.57 Å². The standard InChI is InChI=1S/C12H19N/c1-9(2)7-11-8-10-5-3-4-6-12(10)13-11/h8-9,12H,3-7H2,1-2H3. The van der Waals surface area contributed by atoms with Crippen LogP contribution in [0.25, 0.3) is 0 Å². The van der Waals surface area contributed by atoms with E-state index in [1.807, 2.05) is 0 Å². The van der Waals surface area contributed by atoms with Gasteiger partial charge < -0.3 is 0 Å². The molecule has 0 bridgehead atoms. The number of fused-ring (bicyclic) bond motifs is 1. The topological polar surface area (TPSA) is 12.4 Å². The highest BCUT2D eigenvalue weighted by atomic mass is 14.8. The molecule has 1 nitrogen and oxygen atoms in total. The van der Waals surface area contributed by atoms with Crippen molar-refractivity contribution in [1.29, 1.82) is 0 Å². The maximum absolute atomic E-state index is 4.77. The van der Waals surface area contributed by atoms with E-state index in [0.29, 0.717) is 6.04 Å². The van der Waals surface area contributed by atoms with Crippen LogP contribution in [0.2, 0.25) is 0 Å². The lowest BCUT2D eigenvalue weighted by Gasteiger charge is -2.17. The smallest absolute Gasteiger partial charge is 0.0716 e. The summed E-state index contributed by atoms with van der Waals surface area (Å²) in [6, 6.07) is 0.586. The second kappa shape index (κ2) is 3.65. The van der Waals surface area contributed by atoms with Gasteiger partial charge in [-0.15, -0.1) is 0 Å². The molecule has 1 aliphatic heterocycles. The fraction of sp³-hybridized carbons (Fsp3) is 0.750. The Morgan fingerprint density at radius 1 is 1.46 bits per heavy atom. The minimum Gasteiger partial charge on any atom is -0.282 e. The highest BCUT2D eigenvalue weighted by Gasteiger charge is 2.23. The molecule has 0 aromatic rings. The molecule has 0 aromatic heterocycles. The summed E-state index contributed by atoms with van der Waals surface area (Å²) < 4.78 is 0. The largest absolute Gasteiger partial charge is 0.282 e. The van der Waals surface area contributed by atoms with Crippen molar-refractivity contribution in [3.63, 3.8) is 0 Å². The lowest BCUT2D eigenvalue weighted by Crippen LogP contribution is -2.10. The summed E-state index contributed by atoms with van der Waals surface area (Å²) in [5.74, 6) is 0.746. The predicted octanol–water partition coefficient (Wildman–Crippen LogP) is 3.36. The Morgan fingerprint density at radius 3 is 3.00 bits per heavy atom. The molecule has 0 amide bonds. The van der Waals surface area contributed by atoms with Crippen LogP contribution in [0.3, 0.4) is 0 Å². The minimum atomic E-state index is 0.586. The van der Waals surface area contributed by atoms with Gasteiger partial charge in [0.15, 0.2) is 0 Å². The molecule has 1 fully saturated rings. The highest BCUT2D eigenvalue weighted by Crippen LogP contribution is 2.30. The van der Waals surface area contributed by atoms with Crippen LogP contribution in [-0.2, 0) is 0 Å². The molecule has 1 saturated carbocycles. The van der Waals surface area contributed by atoms with Crippen molar-refractivity contribution in [2.24, 2.45) is 10.9 Å². The third-order valence-electron chi connectivity index (χ3n) is 2.91. The van der Waals surface area contributed by atoms with Crippen molar-refractivity contribution >= 4 is 5.71 Å². The number of allylic oxidation sites excluding steroid dienone is 1. The Bertz CT molecular complexity index is 248. The molecular weight excluding hydrogens is 158 g/mol. The van der Waals surface area contributed by atoms with Gasteiger partial charge in [0.1, 0.15) is 0 Å². The molecule has 13 heavy (non-hydrogen) atoms. The van der Waals surface area contributed by atoms with Crippen LogP contribution in [0.15, 0.2) is 16.6 Å². The Kier molecular flexibility index (Phi) is 2.52. The average Bonchev–Trinajstić information content (AvgIpc) is 2.44. The number of hydrogen-bond acceptors (Lipinski definition) is 1. The molecule has 0 saturated heterocycles. The molecule has 1 atom stereocenters. The molecule has 72 valence electrons. The van der Waals surface area contributed by atoms with Crippen molar-refractivity contribution in [2.75, 3.05) is 0 Å². The van der Waals surface area contributed by atoms with E-state index in [2.05, 4.69) is 19.9 Å². The molecule has 1 aliphatic carbocycles. The Morgan fingerprint density at radius 2 is 2.31 bits per heavy atom. The van der Waals surface area contributed by atoms with Gasteiger partial charge >= 0.3 is 0 Å². The molecule has 1 unspecified atom stereocenters. The van der Waals surface area contributed by atoms with E-state index >= 15 is 0 Å². The van der Waals surface area contributed by atoms with Gasteiger partial charge in [0.05, 0.1) is 6.04 Å². The molecule has 1 heterocycles. The van der Waals surface area contributed by atoms with E-state index in [1.165, 1.54) is 37.8 Å². The molecular formula is C12H19N. The lowest BCUT2D eigenvalue weighted by molar-refractivity contribution is 0.544. The summed E-state index contributed by atoms with van der Waals surface area (Å²) in [5.41, 5.74) is 2.97. The maximum atomic E-state index is 4.77. The van der Waals surface area contributed by atoms with Crippen molar-refractivity contribution in [3.8, 4) is 0 Å². The number of hydrogen-bond donors (Lipinski definition) is 0. The molecule has 0 radical (unpaired) electrons. The number of aliphatic imine (C=N–C) groups is 1. The lowest BCUT2D eigenvalue weighted by atomic mass is 9.91. The summed E-state index contributed by atoms with van der Waals surface area (Å²) in [6.45, 7) is 4.53. The van der Waals surface area contributed by atoms with Crippen LogP contribution in [0, 0.1) is 5.92 Å². The third-order valence-corrected chi connectivity index (χ3v) is 2.91. The Labute approximate surface area is 80.9 Å². The fourth-order valence-corrected chi connectivity index (χ4v) is 2.32. The first kappa shape index (κ1) is 8.98. The maximum Gasteiger partial charge on any atom is 0.0716 e. The van der Waals surface area contributed by atoms with E-state index < -0.39 is 0 Å². The fourth-order valence-electron chi connectivity index (χ4n) is 2.32. The predicted molar refractivity (Wildman–Crippen MR) is 57.2 cm³/mol. The number of rotatable bonds is 2. The van der Waals surface area contributed by atoms with Gasteiger partial charge in [-0.25, -0.2) is 0 Å². The van der Waals surface area contributed by atoms with Gasteiger partial charge in [0.2, 0.25) is 0 Å². The van der Waals surface area contributed by atoms with Gasteiger partial charge in [-0.05, 0) is 43.3 Å². The van der Waals surface area contributed by atoms with Gasteiger partial charge in [0, 0.05) is 5.71 Å². The first-order valence-corrected chi connectivity index (χ1v) is 5.53. The van der Waals surface area contributed by atoms with Gasteiger partial charge in [-0.3, -0.25) is 4.99 Å². The first-order chi connectivity index (χ1) is 6.25. The monoisotopic (exact) mass is 177 g/mol. The van der Waals surface area contributed by atoms with Crippen LogP contribution in [0.1, 0.15) is 46.0 Å². The van der Waals surface area contributed by atoms with Gasteiger partial charge in [-0.1, -0.05) is 20.3 Å². The Balaban J connectivity index is 2.03. The van der Waals surface area contributed by atoms with Crippen molar-refractivity contribution in [3.05, 3.63) is 11.6 Å². The summed E-state index contributed by atoms with van der Waals surface area (Å²) in [7, 11) is 0. The quantitative estimate of drug-likeness (QED) is 0.613. The number of nitrogens with zero attached hydrogens (tertiary/aromatic N) is 1. The highest BCUT2D eigenvalue weighted by molar-refractivity contribution is 5.98. The van der Waals surface area contributed by atoms with Gasteiger partial charge in [-0.2, -0.15) is 0 Å². The van der Waals surface area contributed by atoms with E-state index in [0.717, 1.165) is 5.92 Å². The van der Waals surface area contributed by atoms with Gasteiger partial charge in [0.25, 0.3) is 0 Å². The van der Waals surface area contributed by atoms with Crippen LogP contribution < -0.4 is 0 Å². The summed E-state index contributed by atoms with van der Waals surface area (Å²) in [6.07, 6.45) is 8.89. The zero-order chi connectivity index (χ0) is 9.26. The Hall–Kier alpha value is -0.590. The van der Waals surface area contributed by atoms with E-state index in [-0.39, 0.29) is 0 Å². The van der Waals surface area contributed by atoms with Crippen LogP contribution in [0.5, 0.6) is 0 Å². The molecule has 0 aromatic carbocycles. The van der Waals surface area contributed by atoms with Crippen molar-refractivity contribution in [1.82, 2.24) is 0 Å². The van der Waals surface area contributed by atoms with E-state index in [9.17, 15) is 0 Å². The summed E-state index contributed by atoms with van der Waals surface area (Å²) >= 11 is 0. The molecule has 2 aliphatic rings. The minimum absolute atomic E-state index is 0.586. The SMILES string of the molecule is CC(C)CC1=NC2CCCCC2=C1. The normalized spacial score (nSPS) is 27.2. The molecule has 0 spiro atoms. The first-order valence-electron chi connectivity index (χ1n) is 5.53. The second-order valence-electron chi connectivity index (χ2n) is 4.70. The third kappa shape index (κ3) is 2.01. The van der Waals surface area contributed by atoms with Crippen LogP contribution >= 0.6 is 0 Å². The molecule has 1 heteroatoms. The zero-order valence-corrected chi connectivity index (χ0v) is 8.71. The molecule has 0 N–H and O–H groups in total. The van der Waals surface area contributed by atoms with Crippen molar-refractivity contribution < 1.29 is 0 Å².